The molecule has 0 amide bonds. The molecule has 1 rings (SSSR count). The summed E-state index contributed by atoms with van der Waals surface area (Å²) in [5, 5.41) is 3.30. The Morgan fingerprint density at radius 3 is 2.69 bits per heavy atom. The topological polar surface area (TPSA) is 70.2 Å². The van der Waals surface area contributed by atoms with Crippen LogP contribution in [0.15, 0.2) is 0 Å². The average Bonchev–Trinajstić information content (AvgIpc) is 2.25. The van der Waals surface area contributed by atoms with E-state index in [1.807, 2.05) is 6.92 Å². The molecule has 0 radical (unpaired) electrons. The summed E-state index contributed by atoms with van der Waals surface area (Å²) in [6.45, 7) is 6.96. The fraction of sp³-hybridized carbons (Fsp3) is 1.00. The zero-order valence-corrected chi connectivity index (χ0v) is 11.0. The molecule has 1 unspecified atom stereocenters. The maximum absolute atomic E-state index is 11.5. The van der Waals surface area contributed by atoms with E-state index in [-0.39, 0.29) is 5.41 Å². The fourth-order valence-corrected chi connectivity index (χ4v) is 2.94. The maximum Gasteiger partial charge on any atom is 0.276 e. The smallest absolute Gasteiger partial charge is 0.276 e. The Hall–Kier alpha value is -0.170. The van der Waals surface area contributed by atoms with Crippen molar-refractivity contribution >= 4 is 10.2 Å². The highest BCUT2D eigenvalue weighted by molar-refractivity contribution is 7.87. The van der Waals surface area contributed by atoms with Crippen LogP contribution in [0.2, 0.25) is 0 Å². The lowest BCUT2D eigenvalue weighted by Crippen LogP contribution is -2.48. The van der Waals surface area contributed by atoms with Crippen LogP contribution in [0.25, 0.3) is 0 Å². The van der Waals surface area contributed by atoms with Crippen molar-refractivity contribution in [3.8, 4) is 0 Å². The van der Waals surface area contributed by atoms with E-state index in [9.17, 15) is 8.42 Å². The number of hydrogen-bond donors (Lipinski definition) is 3. The zero-order chi connectivity index (χ0) is 12.1. The van der Waals surface area contributed by atoms with Crippen molar-refractivity contribution in [1.29, 1.82) is 0 Å². The SMILES string of the molecule is CCCNS(=O)(=O)NCC1(C)CCCNC1. The van der Waals surface area contributed by atoms with Crippen LogP contribution in [0.1, 0.15) is 33.1 Å². The molecule has 3 N–H and O–H groups in total. The van der Waals surface area contributed by atoms with Crippen LogP contribution in [-0.2, 0) is 10.2 Å². The Labute approximate surface area is 98.6 Å². The summed E-state index contributed by atoms with van der Waals surface area (Å²) in [6.07, 6.45) is 2.98. The molecule has 1 fully saturated rings. The molecule has 1 heterocycles. The minimum Gasteiger partial charge on any atom is -0.316 e. The van der Waals surface area contributed by atoms with Gasteiger partial charge in [-0.05, 0) is 31.2 Å². The van der Waals surface area contributed by atoms with Crippen molar-refractivity contribution in [3.05, 3.63) is 0 Å². The minimum absolute atomic E-state index is 0.0409. The summed E-state index contributed by atoms with van der Waals surface area (Å²) in [5.74, 6) is 0. The third-order valence-corrected chi connectivity index (χ3v) is 4.03. The van der Waals surface area contributed by atoms with Crippen molar-refractivity contribution < 1.29 is 8.42 Å². The molecule has 0 aromatic carbocycles. The Balaban J connectivity index is 2.37. The van der Waals surface area contributed by atoms with Crippen LogP contribution < -0.4 is 14.8 Å². The summed E-state index contributed by atoms with van der Waals surface area (Å²) >= 11 is 0. The van der Waals surface area contributed by atoms with Crippen LogP contribution >= 0.6 is 0 Å². The first-order chi connectivity index (χ1) is 7.47. The van der Waals surface area contributed by atoms with Crippen LogP contribution in [-0.4, -0.2) is 34.6 Å². The second-order valence-electron chi connectivity index (χ2n) is 4.81. The third kappa shape index (κ3) is 4.78. The molecule has 16 heavy (non-hydrogen) atoms. The fourth-order valence-electron chi connectivity index (χ4n) is 1.83. The molecule has 0 spiro atoms. The first kappa shape index (κ1) is 13.9. The summed E-state index contributed by atoms with van der Waals surface area (Å²) in [7, 11) is -3.31. The molecule has 1 atom stereocenters. The van der Waals surface area contributed by atoms with E-state index in [0.29, 0.717) is 13.1 Å². The predicted octanol–water partition coefficient (Wildman–Crippen LogP) is 0.210. The van der Waals surface area contributed by atoms with Crippen LogP contribution in [0.4, 0.5) is 0 Å². The van der Waals surface area contributed by atoms with Crippen molar-refractivity contribution in [1.82, 2.24) is 14.8 Å². The van der Waals surface area contributed by atoms with E-state index in [1.54, 1.807) is 0 Å². The molecule has 0 aliphatic carbocycles. The molecule has 6 heteroatoms. The van der Waals surface area contributed by atoms with E-state index in [2.05, 4.69) is 21.7 Å². The molecule has 0 aromatic heterocycles. The van der Waals surface area contributed by atoms with Gasteiger partial charge in [0.1, 0.15) is 0 Å². The number of piperidine rings is 1. The number of rotatable bonds is 6. The summed E-state index contributed by atoms with van der Waals surface area (Å²) < 4.78 is 28.2. The number of nitrogens with one attached hydrogen (secondary N) is 3. The van der Waals surface area contributed by atoms with Gasteiger partial charge in [0.2, 0.25) is 0 Å². The molecule has 0 saturated carbocycles. The van der Waals surface area contributed by atoms with Gasteiger partial charge in [-0.25, -0.2) is 9.44 Å². The highest BCUT2D eigenvalue weighted by atomic mass is 32.2. The highest BCUT2D eigenvalue weighted by Gasteiger charge is 2.27. The molecule has 5 nitrogen and oxygen atoms in total. The molecule has 1 aliphatic heterocycles. The van der Waals surface area contributed by atoms with Gasteiger partial charge in [-0.1, -0.05) is 13.8 Å². The zero-order valence-electron chi connectivity index (χ0n) is 10.2. The van der Waals surface area contributed by atoms with Crippen molar-refractivity contribution in [2.45, 2.75) is 33.1 Å². The van der Waals surface area contributed by atoms with Gasteiger partial charge in [0.15, 0.2) is 0 Å². The lowest BCUT2D eigenvalue weighted by atomic mass is 9.83. The highest BCUT2D eigenvalue weighted by Crippen LogP contribution is 2.24. The van der Waals surface area contributed by atoms with Crippen molar-refractivity contribution in [2.75, 3.05) is 26.2 Å². The van der Waals surface area contributed by atoms with Crippen LogP contribution in [0.3, 0.4) is 0 Å². The van der Waals surface area contributed by atoms with Gasteiger partial charge in [-0.15, -0.1) is 0 Å². The van der Waals surface area contributed by atoms with Gasteiger partial charge in [-0.3, -0.25) is 0 Å². The maximum atomic E-state index is 11.5. The Bertz CT molecular complexity index is 297. The normalized spacial score (nSPS) is 26.9. The first-order valence-electron chi connectivity index (χ1n) is 5.92. The largest absolute Gasteiger partial charge is 0.316 e. The van der Waals surface area contributed by atoms with E-state index >= 15 is 0 Å². The second-order valence-corrected chi connectivity index (χ2v) is 6.39. The molecule has 96 valence electrons. The minimum atomic E-state index is -3.31. The summed E-state index contributed by atoms with van der Waals surface area (Å²) in [5.41, 5.74) is 0.0409. The van der Waals surface area contributed by atoms with Gasteiger partial charge in [0.05, 0.1) is 0 Å². The van der Waals surface area contributed by atoms with Crippen molar-refractivity contribution in [3.63, 3.8) is 0 Å². The predicted molar refractivity (Wildman–Crippen MR) is 65.4 cm³/mol. The number of hydrogen-bond acceptors (Lipinski definition) is 3. The lowest BCUT2D eigenvalue weighted by molar-refractivity contribution is 0.238. The standard InChI is InChI=1S/C10H23N3O2S/c1-3-6-12-16(14,15)13-9-10(2)5-4-7-11-8-10/h11-13H,3-9H2,1-2H3. The van der Waals surface area contributed by atoms with Gasteiger partial charge < -0.3 is 5.32 Å². The molecular formula is C10H23N3O2S. The summed E-state index contributed by atoms with van der Waals surface area (Å²) in [6, 6.07) is 0. The second kappa shape index (κ2) is 5.95. The van der Waals surface area contributed by atoms with E-state index in [1.165, 1.54) is 0 Å². The van der Waals surface area contributed by atoms with Crippen LogP contribution in [0, 0.1) is 5.41 Å². The van der Waals surface area contributed by atoms with E-state index in [4.69, 9.17) is 0 Å². The Morgan fingerprint density at radius 1 is 1.38 bits per heavy atom. The Kier molecular flexibility index (Phi) is 5.17. The van der Waals surface area contributed by atoms with E-state index < -0.39 is 10.2 Å². The van der Waals surface area contributed by atoms with Gasteiger partial charge >= 0.3 is 0 Å². The monoisotopic (exact) mass is 249 g/mol. The molecule has 0 aromatic rings. The Morgan fingerprint density at radius 2 is 2.12 bits per heavy atom. The van der Waals surface area contributed by atoms with Crippen molar-refractivity contribution in [2.24, 2.45) is 5.41 Å². The van der Waals surface area contributed by atoms with Crippen LogP contribution in [0.5, 0.6) is 0 Å². The van der Waals surface area contributed by atoms with Gasteiger partial charge in [0.25, 0.3) is 10.2 Å². The van der Waals surface area contributed by atoms with Gasteiger partial charge in [0, 0.05) is 19.6 Å². The molecule has 0 bridgehead atoms. The first-order valence-corrected chi connectivity index (χ1v) is 7.41. The quantitative estimate of drug-likeness (QED) is 0.630. The van der Waals surface area contributed by atoms with Gasteiger partial charge in [-0.2, -0.15) is 8.42 Å². The summed E-state index contributed by atoms with van der Waals surface area (Å²) in [4.78, 5) is 0. The molecule has 1 aliphatic rings. The lowest BCUT2D eigenvalue weighted by Gasteiger charge is -2.34. The van der Waals surface area contributed by atoms with E-state index in [0.717, 1.165) is 32.4 Å². The average molecular weight is 249 g/mol. The molecule has 1 saturated heterocycles. The molecular weight excluding hydrogens is 226 g/mol. The third-order valence-electron chi connectivity index (χ3n) is 2.92.